The molecule has 0 aliphatic rings. The zero-order valence-corrected chi connectivity index (χ0v) is 12.6. The van der Waals surface area contributed by atoms with Crippen molar-refractivity contribution in [1.29, 1.82) is 0 Å². The van der Waals surface area contributed by atoms with E-state index in [1.54, 1.807) is 0 Å². The number of amides is 1. The summed E-state index contributed by atoms with van der Waals surface area (Å²) in [6.07, 6.45) is 0. The zero-order chi connectivity index (χ0) is 13.8. The fraction of sp³-hybridized carbons (Fsp3) is 0.188. The van der Waals surface area contributed by atoms with Crippen LogP contribution in [0.2, 0.25) is 0 Å². The third-order valence-electron chi connectivity index (χ3n) is 3.11. The summed E-state index contributed by atoms with van der Waals surface area (Å²) >= 11 is 3.40. The summed E-state index contributed by atoms with van der Waals surface area (Å²) in [5.74, 6) is -0.0338. The third kappa shape index (κ3) is 3.44. The lowest BCUT2D eigenvalue weighted by molar-refractivity contribution is 0.0939. The first-order valence-electron chi connectivity index (χ1n) is 6.20. The summed E-state index contributed by atoms with van der Waals surface area (Å²) < 4.78 is 1.04. The molecule has 0 saturated carbocycles. The highest BCUT2D eigenvalue weighted by atomic mass is 79.9. The molecule has 0 spiro atoms. The Balaban J connectivity index is 2.11. The Kier molecular flexibility index (Phi) is 4.38. The number of nitrogens with one attached hydrogen (secondary N) is 1. The van der Waals surface area contributed by atoms with Gasteiger partial charge in [0.15, 0.2) is 0 Å². The summed E-state index contributed by atoms with van der Waals surface area (Å²) in [5, 5.41) is 3.02. The summed E-state index contributed by atoms with van der Waals surface area (Å²) in [7, 11) is 0. The molecule has 0 bridgehead atoms. The molecule has 0 aliphatic carbocycles. The first-order valence-corrected chi connectivity index (χ1v) is 6.99. The topological polar surface area (TPSA) is 29.1 Å². The van der Waals surface area contributed by atoms with E-state index in [4.69, 9.17) is 0 Å². The number of rotatable bonds is 3. The lowest BCUT2D eigenvalue weighted by Gasteiger charge is -2.15. The van der Waals surface area contributed by atoms with Gasteiger partial charge < -0.3 is 5.32 Å². The van der Waals surface area contributed by atoms with Gasteiger partial charge in [0.25, 0.3) is 5.91 Å². The van der Waals surface area contributed by atoms with Gasteiger partial charge in [-0.25, -0.2) is 0 Å². The summed E-state index contributed by atoms with van der Waals surface area (Å²) in [6.45, 7) is 3.93. The van der Waals surface area contributed by atoms with Crippen LogP contribution in [0.3, 0.4) is 0 Å². The molecule has 1 N–H and O–H groups in total. The smallest absolute Gasteiger partial charge is 0.252 e. The Morgan fingerprint density at radius 3 is 2.37 bits per heavy atom. The van der Waals surface area contributed by atoms with Crippen molar-refractivity contribution in [2.24, 2.45) is 0 Å². The Labute approximate surface area is 122 Å². The molecule has 2 nitrogen and oxygen atoms in total. The van der Waals surface area contributed by atoms with Crippen molar-refractivity contribution in [3.05, 3.63) is 69.7 Å². The van der Waals surface area contributed by atoms with Crippen LogP contribution in [-0.4, -0.2) is 5.91 Å². The molecule has 1 unspecified atom stereocenters. The number of carbonyl (C=O) groups excluding carboxylic acids is 1. The van der Waals surface area contributed by atoms with Crippen molar-refractivity contribution in [2.75, 3.05) is 0 Å². The predicted octanol–water partition coefficient (Wildman–Crippen LogP) is 4.25. The maximum atomic E-state index is 12.2. The Morgan fingerprint density at radius 2 is 1.74 bits per heavy atom. The molecule has 2 aromatic rings. The van der Waals surface area contributed by atoms with E-state index in [2.05, 4.69) is 21.2 Å². The summed E-state index contributed by atoms with van der Waals surface area (Å²) in [6, 6.07) is 15.6. The van der Waals surface area contributed by atoms with Gasteiger partial charge in [0.1, 0.15) is 0 Å². The molecule has 0 fully saturated rings. The zero-order valence-electron chi connectivity index (χ0n) is 11.0. The monoisotopic (exact) mass is 317 g/mol. The maximum Gasteiger partial charge on any atom is 0.252 e. The van der Waals surface area contributed by atoms with Crippen molar-refractivity contribution >= 4 is 21.8 Å². The highest BCUT2D eigenvalue weighted by Gasteiger charge is 2.12. The van der Waals surface area contributed by atoms with Gasteiger partial charge in [0.2, 0.25) is 0 Å². The minimum Gasteiger partial charge on any atom is -0.346 e. The fourth-order valence-corrected chi connectivity index (χ4v) is 2.20. The molecule has 2 rings (SSSR count). The standard InChI is InChI=1S/C16H16BrNO/c1-11-5-3-4-6-15(11)16(19)18-12(2)13-7-9-14(17)10-8-13/h3-10,12H,1-2H3,(H,18,19). The molecule has 98 valence electrons. The van der Waals surface area contributed by atoms with E-state index in [1.807, 2.05) is 62.4 Å². The minimum atomic E-state index is -0.0338. The van der Waals surface area contributed by atoms with Gasteiger partial charge in [-0.2, -0.15) is 0 Å². The average Bonchev–Trinajstić information content (AvgIpc) is 2.39. The first-order chi connectivity index (χ1) is 9.08. The van der Waals surface area contributed by atoms with Gasteiger partial charge in [0.05, 0.1) is 6.04 Å². The van der Waals surface area contributed by atoms with Crippen LogP contribution in [0.4, 0.5) is 0 Å². The molecule has 2 aromatic carbocycles. The molecule has 0 aliphatic heterocycles. The van der Waals surface area contributed by atoms with E-state index in [0.29, 0.717) is 0 Å². The number of hydrogen-bond acceptors (Lipinski definition) is 1. The van der Waals surface area contributed by atoms with Gasteiger partial charge in [-0.1, -0.05) is 46.3 Å². The number of aryl methyl sites for hydroxylation is 1. The summed E-state index contributed by atoms with van der Waals surface area (Å²) in [4.78, 5) is 12.2. The van der Waals surface area contributed by atoms with Gasteiger partial charge in [-0.15, -0.1) is 0 Å². The van der Waals surface area contributed by atoms with Crippen molar-refractivity contribution in [3.8, 4) is 0 Å². The SMILES string of the molecule is Cc1ccccc1C(=O)NC(C)c1ccc(Br)cc1. The van der Waals surface area contributed by atoms with Crippen molar-refractivity contribution in [1.82, 2.24) is 5.32 Å². The van der Waals surface area contributed by atoms with E-state index >= 15 is 0 Å². The van der Waals surface area contributed by atoms with Gasteiger partial charge in [0, 0.05) is 10.0 Å². The molecule has 1 atom stereocenters. The van der Waals surface area contributed by atoms with E-state index in [1.165, 1.54) is 0 Å². The second-order valence-electron chi connectivity index (χ2n) is 4.56. The highest BCUT2D eigenvalue weighted by molar-refractivity contribution is 9.10. The van der Waals surface area contributed by atoms with Crippen LogP contribution >= 0.6 is 15.9 Å². The predicted molar refractivity (Wildman–Crippen MR) is 81.2 cm³/mol. The number of carbonyl (C=O) groups is 1. The molecular weight excluding hydrogens is 302 g/mol. The van der Waals surface area contributed by atoms with Crippen LogP contribution in [0, 0.1) is 6.92 Å². The van der Waals surface area contributed by atoms with Crippen LogP contribution in [0.5, 0.6) is 0 Å². The Bertz CT molecular complexity index is 578. The molecule has 19 heavy (non-hydrogen) atoms. The number of benzene rings is 2. The molecule has 0 saturated heterocycles. The number of hydrogen-bond donors (Lipinski definition) is 1. The molecule has 1 amide bonds. The number of halogens is 1. The molecule has 3 heteroatoms. The lowest BCUT2D eigenvalue weighted by atomic mass is 10.1. The Hall–Kier alpha value is -1.61. The second kappa shape index (κ2) is 6.02. The van der Waals surface area contributed by atoms with Crippen LogP contribution in [0.15, 0.2) is 53.0 Å². The van der Waals surface area contributed by atoms with Crippen LogP contribution in [0.25, 0.3) is 0 Å². The molecular formula is C16H16BrNO. The van der Waals surface area contributed by atoms with Crippen molar-refractivity contribution < 1.29 is 4.79 Å². The van der Waals surface area contributed by atoms with Crippen LogP contribution < -0.4 is 5.32 Å². The van der Waals surface area contributed by atoms with Gasteiger partial charge in [-0.3, -0.25) is 4.79 Å². The summed E-state index contributed by atoms with van der Waals surface area (Å²) in [5.41, 5.74) is 2.81. The fourth-order valence-electron chi connectivity index (χ4n) is 1.94. The lowest BCUT2D eigenvalue weighted by Crippen LogP contribution is -2.27. The largest absolute Gasteiger partial charge is 0.346 e. The minimum absolute atomic E-state index is 0.0137. The van der Waals surface area contributed by atoms with Gasteiger partial charge in [-0.05, 0) is 43.2 Å². The van der Waals surface area contributed by atoms with E-state index in [9.17, 15) is 4.79 Å². The molecule has 0 radical (unpaired) electrons. The molecule has 0 aromatic heterocycles. The van der Waals surface area contributed by atoms with E-state index in [0.717, 1.165) is 21.2 Å². The van der Waals surface area contributed by atoms with E-state index in [-0.39, 0.29) is 11.9 Å². The average molecular weight is 318 g/mol. The van der Waals surface area contributed by atoms with Gasteiger partial charge >= 0.3 is 0 Å². The van der Waals surface area contributed by atoms with Crippen LogP contribution in [-0.2, 0) is 0 Å². The Morgan fingerprint density at radius 1 is 1.11 bits per heavy atom. The normalized spacial score (nSPS) is 11.9. The molecule has 0 heterocycles. The first kappa shape index (κ1) is 13.8. The van der Waals surface area contributed by atoms with Crippen molar-refractivity contribution in [3.63, 3.8) is 0 Å². The highest BCUT2D eigenvalue weighted by Crippen LogP contribution is 2.17. The van der Waals surface area contributed by atoms with E-state index < -0.39 is 0 Å². The quantitative estimate of drug-likeness (QED) is 0.901. The van der Waals surface area contributed by atoms with Crippen LogP contribution in [0.1, 0.15) is 34.5 Å². The second-order valence-corrected chi connectivity index (χ2v) is 5.48. The maximum absolute atomic E-state index is 12.2. The van der Waals surface area contributed by atoms with Crippen molar-refractivity contribution in [2.45, 2.75) is 19.9 Å². The third-order valence-corrected chi connectivity index (χ3v) is 3.64.